The normalized spacial score (nSPS) is 12.5. The van der Waals surface area contributed by atoms with Gasteiger partial charge in [-0.25, -0.2) is 0 Å². The van der Waals surface area contributed by atoms with E-state index in [1.807, 2.05) is 0 Å². The Morgan fingerprint density at radius 2 is 0.467 bits per heavy atom. The van der Waals surface area contributed by atoms with E-state index in [4.69, 9.17) is 0 Å². The molecule has 0 fully saturated rings. The van der Waals surface area contributed by atoms with E-state index in [1.165, 1.54) is 109 Å². The van der Waals surface area contributed by atoms with Crippen molar-refractivity contribution in [2.24, 2.45) is 0 Å². The fourth-order valence-corrected chi connectivity index (χ4v) is 10.8. The molecule has 0 radical (unpaired) electrons. The Morgan fingerprint density at radius 3 is 0.767 bits per heavy atom. The van der Waals surface area contributed by atoms with Gasteiger partial charge in [0.1, 0.15) is 0 Å². The predicted molar refractivity (Wildman–Crippen MR) is 147 cm³/mol. The van der Waals surface area contributed by atoms with Crippen LogP contribution in [0, 0.1) is 0 Å². The van der Waals surface area contributed by atoms with Crippen molar-refractivity contribution in [2.75, 3.05) is 24.6 Å². The summed E-state index contributed by atoms with van der Waals surface area (Å²) in [7, 11) is -1.00. The molecule has 0 saturated carbocycles. The summed E-state index contributed by atoms with van der Waals surface area (Å²) < 4.78 is 0. The molecule has 0 N–H and O–H groups in total. The van der Waals surface area contributed by atoms with Crippen LogP contribution in [0.3, 0.4) is 0 Å². The third kappa shape index (κ3) is 19.1. The summed E-state index contributed by atoms with van der Waals surface area (Å²) in [5, 5.41) is 0. The van der Waals surface area contributed by atoms with Crippen molar-refractivity contribution in [2.45, 2.75) is 163 Å². The molecule has 1 heteroatoms. The average molecular weight is 443 g/mol. The van der Waals surface area contributed by atoms with Crippen molar-refractivity contribution >= 4 is 7.26 Å². The SMILES string of the molecule is CCCCCCCCCCCCCC[PH](CCCCC)(CCCCC)CCCCC. The average Bonchev–Trinajstić information content (AvgIpc) is 2.75. The van der Waals surface area contributed by atoms with E-state index in [2.05, 4.69) is 27.7 Å². The van der Waals surface area contributed by atoms with Gasteiger partial charge in [0.05, 0.1) is 0 Å². The van der Waals surface area contributed by atoms with Crippen molar-refractivity contribution < 1.29 is 0 Å². The van der Waals surface area contributed by atoms with Crippen LogP contribution in [-0.2, 0) is 0 Å². The minimum absolute atomic E-state index is 1.00. The number of hydrogen-bond donors (Lipinski definition) is 0. The molecule has 0 aliphatic carbocycles. The molecule has 0 unspecified atom stereocenters. The maximum absolute atomic E-state index is 2.38. The molecular formula is C29H63P. The third-order valence-electron chi connectivity index (χ3n) is 7.49. The van der Waals surface area contributed by atoms with Gasteiger partial charge in [0.15, 0.2) is 0 Å². The van der Waals surface area contributed by atoms with Gasteiger partial charge >= 0.3 is 181 Å². The first-order valence-electron chi connectivity index (χ1n) is 14.7. The van der Waals surface area contributed by atoms with Crippen LogP contribution in [0.25, 0.3) is 0 Å². The Balaban J connectivity index is 4.14. The molecule has 0 bridgehead atoms. The first-order chi connectivity index (χ1) is 14.7. The van der Waals surface area contributed by atoms with Crippen LogP contribution in [0.15, 0.2) is 0 Å². The van der Waals surface area contributed by atoms with E-state index >= 15 is 0 Å². The maximum atomic E-state index is 2.38. The zero-order chi connectivity index (χ0) is 22.2. The molecule has 0 nitrogen and oxygen atoms in total. The summed E-state index contributed by atoms with van der Waals surface area (Å²) in [6.07, 6.45) is 37.8. The molecule has 0 spiro atoms. The van der Waals surface area contributed by atoms with Crippen LogP contribution >= 0.6 is 7.26 Å². The standard InChI is InChI=1S/C29H63P/c1-5-9-13-14-15-16-17-18-19-20-21-25-29-30(26-22-10-6-2,27-23-11-7-3)28-24-12-8-4/h30H,5-29H2,1-4H3. The number of hydrogen-bond acceptors (Lipinski definition) is 0. The Labute approximate surface area is 194 Å². The summed E-state index contributed by atoms with van der Waals surface area (Å²) in [4.78, 5) is 0. The molecular weight excluding hydrogens is 379 g/mol. The zero-order valence-corrected chi connectivity index (χ0v) is 23.2. The van der Waals surface area contributed by atoms with Crippen LogP contribution in [0.2, 0.25) is 0 Å². The van der Waals surface area contributed by atoms with Crippen molar-refractivity contribution in [1.29, 1.82) is 0 Å². The molecule has 0 heterocycles. The minimum atomic E-state index is -1.00. The van der Waals surface area contributed by atoms with Crippen molar-refractivity contribution in [3.63, 3.8) is 0 Å². The van der Waals surface area contributed by atoms with Gasteiger partial charge in [-0.3, -0.25) is 0 Å². The summed E-state index contributed by atoms with van der Waals surface area (Å²) in [6, 6.07) is 0. The molecule has 0 aliphatic rings. The molecule has 0 atom stereocenters. The first kappa shape index (κ1) is 30.4. The zero-order valence-electron chi connectivity index (χ0n) is 22.2. The summed E-state index contributed by atoms with van der Waals surface area (Å²) in [5.41, 5.74) is 0. The topological polar surface area (TPSA) is 0 Å². The van der Waals surface area contributed by atoms with E-state index in [9.17, 15) is 0 Å². The Bertz CT molecular complexity index is 285. The molecule has 0 aromatic rings. The second-order valence-electron chi connectivity index (χ2n) is 10.5. The fraction of sp³-hybridized carbons (Fsp3) is 1.00. The Kier molecular flexibility index (Phi) is 24.4. The third-order valence-corrected chi connectivity index (χ3v) is 13.1. The van der Waals surface area contributed by atoms with E-state index in [0.29, 0.717) is 0 Å². The van der Waals surface area contributed by atoms with Crippen molar-refractivity contribution in [1.82, 2.24) is 0 Å². The van der Waals surface area contributed by atoms with Gasteiger partial charge in [-0.1, -0.05) is 13.3 Å². The predicted octanol–water partition coefficient (Wildman–Crippen LogP) is 11.0. The van der Waals surface area contributed by atoms with E-state index < -0.39 is 7.26 Å². The molecule has 0 rings (SSSR count). The van der Waals surface area contributed by atoms with Gasteiger partial charge in [-0.2, -0.15) is 0 Å². The van der Waals surface area contributed by atoms with Gasteiger partial charge in [0.2, 0.25) is 0 Å². The number of unbranched alkanes of at least 4 members (excludes halogenated alkanes) is 17. The van der Waals surface area contributed by atoms with Crippen LogP contribution in [-0.4, -0.2) is 24.6 Å². The van der Waals surface area contributed by atoms with Gasteiger partial charge in [0.25, 0.3) is 0 Å². The summed E-state index contributed by atoms with van der Waals surface area (Å²) in [6.45, 7) is 9.45. The van der Waals surface area contributed by atoms with Crippen LogP contribution in [0.4, 0.5) is 0 Å². The van der Waals surface area contributed by atoms with Crippen molar-refractivity contribution in [3.8, 4) is 0 Å². The van der Waals surface area contributed by atoms with Crippen LogP contribution in [0.1, 0.15) is 163 Å². The molecule has 0 aromatic heterocycles. The van der Waals surface area contributed by atoms with E-state index in [1.54, 1.807) is 50.3 Å². The van der Waals surface area contributed by atoms with Gasteiger partial charge in [-0.15, -0.1) is 0 Å². The van der Waals surface area contributed by atoms with E-state index in [0.717, 1.165) is 0 Å². The van der Waals surface area contributed by atoms with Crippen LogP contribution < -0.4 is 0 Å². The molecule has 0 amide bonds. The Hall–Kier alpha value is 0.430. The quantitative estimate of drug-likeness (QED) is 0.0973. The molecule has 0 saturated heterocycles. The second-order valence-corrected chi connectivity index (χ2v) is 15.5. The summed E-state index contributed by atoms with van der Waals surface area (Å²) in [5.74, 6) is 0. The van der Waals surface area contributed by atoms with Crippen molar-refractivity contribution in [3.05, 3.63) is 0 Å². The molecule has 184 valence electrons. The van der Waals surface area contributed by atoms with Gasteiger partial charge in [0, 0.05) is 0 Å². The second kappa shape index (κ2) is 24.1. The monoisotopic (exact) mass is 442 g/mol. The first-order valence-corrected chi connectivity index (χ1v) is 17.6. The fourth-order valence-electron chi connectivity index (χ4n) is 5.34. The molecule has 0 aliphatic heterocycles. The van der Waals surface area contributed by atoms with Gasteiger partial charge < -0.3 is 0 Å². The summed E-state index contributed by atoms with van der Waals surface area (Å²) >= 11 is 0. The molecule has 30 heavy (non-hydrogen) atoms. The Morgan fingerprint density at radius 1 is 0.267 bits per heavy atom. The molecule has 0 aromatic carbocycles. The van der Waals surface area contributed by atoms with Crippen LogP contribution in [0.5, 0.6) is 0 Å². The number of rotatable bonds is 25. The van der Waals surface area contributed by atoms with E-state index in [-0.39, 0.29) is 0 Å². The van der Waals surface area contributed by atoms with Gasteiger partial charge in [-0.05, 0) is 0 Å².